The number of hydrogen-bond acceptors (Lipinski definition) is 7. The van der Waals surface area contributed by atoms with Gasteiger partial charge in [-0.3, -0.25) is 9.99 Å². The van der Waals surface area contributed by atoms with Gasteiger partial charge >= 0.3 is 0 Å². The van der Waals surface area contributed by atoms with Crippen molar-refractivity contribution in [1.29, 1.82) is 0 Å². The molecule has 0 saturated heterocycles. The van der Waals surface area contributed by atoms with Gasteiger partial charge in [0, 0.05) is 25.1 Å². The van der Waals surface area contributed by atoms with Crippen LogP contribution in [0.1, 0.15) is 0 Å². The molecule has 0 aliphatic rings. The fraction of sp³-hybridized carbons (Fsp3) is 0.0769. The smallest absolute Gasteiger partial charge is 0.243 e. The molecule has 21 heavy (non-hydrogen) atoms. The van der Waals surface area contributed by atoms with Crippen LogP contribution in [0.2, 0.25) is 0 Å². The molecular formula is C13H14N8. The van der Waals surface area contributed by atoms with Gasteiger partial charge in [0.05, 0.1) is 0 Å². The molecule has 0 spiro atoms. The standard InChI is InChI=1S/C13H14N8/c1-20(10-5-3-2-4-6-10)12-16-11(19-14)17-13(18-12)21-8-7-15-9-21/h2-9H,14H2,1H3,(H,16,17,18,19). The van der Waals surface area contributed by atoms with Gasteiger partial charge in [-0.1, -0.05) is 18.2 Å². The van der Waals surface area contributed by atoms with E-state index in [1.54, 1.807) is 23.3 Å². The lowest BCUT2D eigenvalue weighted by molar-refractivity contribution is 0.879. The number of benzene rings is 1. The van der Waals surface area contributed by atoms with Crippen molar-refractivity contribution < 1.29 is 0 Å². The second kappa shape index (κ2) is 5.55. The van der Waals surface area contributed by atoms with Gasteiger partial charge in [-0.25, -0.2) is 10.8 Å². The van der Waals surface area contributed by atoms with Crippen molar-refractivity contribution in [2.24, 2.45) is 5.84 Å². The van der Waals surface area contributed by atoms with Crippen LogP contribution in [0.4, 0.5) is 17.6 Å². The van der Waals surface area contributed by atoms with Gasteiger partial charge < -0.3 is 4.90 Å². The Bertz CT molecular complexity index is 710. The van der Waals surface area contributed by atoms with Crippen molar-refractivity contribution >= 4 is 17.6 Å². The number of nitrogen functional groups attached to an aromatic ring is 1. The van der Waals surface area contributed by atoms with E-state index >= 15 is 0 Å². The van der Waals surface area contributed by atoms with Crippen LogP contribution in [0, 0.1) is 0 Å². The zero-order valence-electron chi connectivity index (χ0n) is 11.4. The average Bonchev–Trinajstić information content (AvgIpc) is 3.09. The molecule has 1 aromatic carbocycles. The van der Waals surface area contributed by atoms with Crippen molar-refractivity contribution in [2.75, 3.05) is 17.4 Å². The van der Waals surface area contributed by atoms with Gasteiger partial charge in [0.1, 0.15) is 6.33 Å². The molecule has 8 heteroatoms. The van der Waals surface area contributed by atoms with Gasteiger partial charge in [-0.15, -0.1) is 0 Å². The quantitative estimate of drug-likeness (QED) is 0.546. The number of aromatic nitrogens is 5. The zero-order chi connectivity index (χ0) is 14.7. The summed E-state index contributed by atoms with van der Waals surface area (Å²) in [6.07, 6.45) is 5.02. The summed E-state index contributed by atoms with van der Waals surface area (Å²) in [6, 6.07) is 9.79. The highest BCUT2D eigenvalue weighted by molar-refractivity contribution is 5.57. The van der Waals surface area contributed by atoms with E-state index in [-0.39, 0.29) is 5.95 Å². The van der Waals surface area contributed by atoms with E-state index < -0.39 is 0 Å². The summed E-state index contributed by atoms with van der Waals surface area (Å²) < 4.78 is 1.69. The molecular weight excluding hydrogens is 268 g/mol. The molecule has 3 N–H and O–H groups in total. The van der Waals surface area contributed by atoms with Crippen LogP contribution in [0.5, 0.6) is 0 Å². The first-order valence-corrected chi connectivity index (χ1v) is 6.28. The fourth-order valence-corrected chi connectivity index (χ4v) is 1.83. The number of hydrogen-bond donors (Lipinski definition) is 2. The maximum Gasteiger partial charge on any atom is 0.243 e. The first kappa shape index (κ1) is 13.0. The number of para-hydroxylation sites is 1. The van der Waals surface area contributed by atoms with E-state index in [0.29, 0.717) is 11.9 Å². The third-order valence-electron chi connectivity index (χ3n) is 2.92. The predicted molar refractivity (Wildman–Crippen MR) is 79.3 cm³/mol. The maximum atomic E-state index is 5.43. The molecule has 3 rings (SSSR count). The first-order chi connectivity index (χ1) is 10.3. The van der Waals surface area contributed by atoms with Crippen molar-refractivity contribution in [2.45, 2.75) is 0 Å². The van der Waals surface area contributed by atoms with Crippen LogP contribution in [0.3, 0.4) is 0 Å². The highest BCUT2D eigenvalue weighted by Crippen LogP contribution is 2.20. The highest BCUT2D eigenvalue weighted by Gasteiger charge is 2.12. The summed E-state index contributed by atoms with van der Waals surface area (Å²) in [5, 5.41) is 0. The molecule has 0 fully saturated rings. The van der Waals surface area contributed by atoms with E-state index in [1.807, 2.05) is 42.3 Å². The molecule has 2 aromatic heterocycles. The molecule has 0 bridgehead atoms. The normalized spacial score (nSPS) is 10.4. The zero-order valence-corrected chi connectivity index (χ0v) is 11.4. The SMILES string of the molecule is CN(c1ccccc1)c1nc(NN)nc(-n2ccnc2)n1. The Kier molecular flexibility index (Phi) is 3.44. The largest absolute Gasteiger partial charge is 0.313 e. The summed E-state index contributed by atoms with van der Waals surface area (Å²) >= 11 is 0. The molecule has 2 heterocycles. The number of imidazole rings is 1. The van der Waals surface area contributed by atoms with E-state index in [4.69, 9.17) is 5.84 Å². The predicted octanol–water partition coefficient (Wildman–Crippen LogP) is 1.11. The second-order valence-electron chi connectivity index (χ2n) is 4.27. The molecule has 3 aromatic rings. The van der Waals surface area contributed by atoms with Gasteiger partial charge in [-0.2, -0.15) is 15.0 Å². The molecule has 0 amide bonds. The minimum atomic E-state index is 0.284. The highest BCUT2D eigenvalue weighted by atomic mass is 15.4. The Balaban J connectivity index is 2.04. The molecule has 0 aliphatic carbocycles. The van der Waals surface area contributed by atoms with Crippen LogP contribution in [-0.2, 0) is 0 Å². The number of rotatable bonds is 4. The van der Waals surface area contributed by atoms with E-state index in [0.717, 1.165) is 5.69 Å². The Morgan fingerprint density at radius 1 is 1.14 bits per heavy atom. The maximum absolute atomic E-state index is 5.43. The molecule has 8 nitrogen and oxygen atoms in total. The van der Waals surface area contributed by atoms with Crippen LogP contribution in [0.25, 0.3) is 5.95 Å². The van der Waals surface area contributed by atoms with Crippen molar-refractivity contribution in [3.05, 3.63) is 49.1 Å². The lowest BCUT2D eigenvalue weighted by Crippen LogP contribution is -2.19. The molecule has 0 radical (unpaired) electrons. The molecule has 0 atom stereocenters. The molecule has 0 saturated carbocycles. The number of anilines is 3. The van der Waals surface area contributed by atoms with Gasteiger partial charge in [0.15, 0.2) is 0 Å². The molecule has 0 unspecified atom stereocenters. The Hall–Kier alpha value is -3.00. The number of nitrogens with one attached hydrogen (secondary N) is 1. The van der Waals surface area contributed by atoms with Crippen molar-refractivity contribution in [3.63, 3.8) is 0 Å². The van der Waals surface area contributed by atoms with Gasteiger partial charge in [0.25, 0.3) is 0 Å². The summed E-state index contributed by atoms with van der Waals surface area (Å²) in [6.45, 7) is 0. The van der Waals surface area contributed by atoms with E-state index in [2.05, 4.69) is 25.4 Å². The Labute approximate surface area is 121 Å². The number of hydrazine groups is 1. The third kappa shape index (κ3) is 2.65. The fourth-order valence-electron chi connectivity index (χ4n) is 1.83. The number of nitrogens with two attached hydrogens (primary N) is 1. The Morgan fingerprint density at radius 3 is 2.62 bits per heavy atom. The van der Waals surface area contributed by atoms with Crippen molar-refractivity contribution in [1.82, 2.24) is 24.5 Å². The van der Waals surface area contributed by atoms with Crippen LogP contribution in [-0.4, -0.2) is 31.6 Å². The van der Waals surface area contributed by atoms with Crippen LogP contribution < -0.4 is 16.2 Å². The summed E-state index contributed by atoms with van der Waals surface area (Å²) in [5.74, 6) is 6.64. The summed E-state index contributed by atoms with van der Waals surface area (Å²) in [4.78, 5) is 18.7. The van der Waals surface area contributed by atoms with E-state index in [1.165, 1.54) is 0 Å². The minimum absolute atomic E-state index is 0.284. The number of nitrogens with zero attached hydrogens (tertiary/aromatic N) is 6. The second-order valence-corrected chi connectivity index (χ2v) is 4.27. The summed E-state index contributed by atoms with van der Waals surface area (Å²) in [5.41, 5.74) is 3.41. The van der Waals surface area contributed by atoms with Crippen LogP contribution >= 0.6 is 0 Å². The third-order valence-corrected chi connectivity index (χ3v) is 2.92. The van der Waals surface area contributed by atoms with Gasteiger partial charge in [-0.05, 0) is 12.1 Å². The minimum Gasteiger partial charge on any atom is -0.313 e. The lowest BCUT2D eigenvalue weighted by Gasteiger charge is -2.18. The van der Waals surface area contributed by atoms with Gasteiger partial charge in [0.2, 0.25) is 17.8 Å². The summed E-state index contributed by atoms with van der Waals surface area (Å²) in [7, 11) is 1.88. The first-order valence-electron chi connectivity index (χ1n) is 6.28. The lowest BCUT2D eigenvalue weighted by atomic mass is 10.3. The molecule has 106 valence electrons. The average molecular weight is 282 g/mol. The van der Waals surface area contributed by atoms with Crippen LogP contribution in [0.15, 0.2) is 49.1 Å². The topological polar surface area (TPSA) is 97.8 Å². The Morgan fingerprint density at radius 2 is 1.95 bits per heavy atom. The van der Waals surface area contributed by atoms with E-state index in [9.17, 15) is 0 Å². The molecule has 0 aliphatic heterocycles. The van der Waals surface area contributed by atoms with Crippen molar-refractivity contribution in [3.8, 4) is 5.95 Å². The monoisotopic (exact) mass is 282 g/mol.